The predicted molar refractivity (Wildman–Crippen MR) is 47.7 cm³/mol. The normalized spacial score (nSPS) is 28.8. The Morgan fingerprint density at radius 2 is 2.33 bits per heavy atom. The van der Waals surface area contributed by atoms with Gasteiger partial charge < -0.3 is 21.9 Å². The number of nitrogens with two attached hydrogens (primary N) is 2. The fourth-order valence-corrected chi connectivity index (χ4v) is 1.42. The average Bonchev–Trinajstić information content (AvgIpc) is 2.48. The Balaban J connectivity index is 2.23. The van der Waals surface area contributed by atoms with Gasteiger partial charge in [0.25, 0.3) is 0 Å². The highest BCUT2D eigenvalue weighted by molar-refractivity contribution is 5.75. The first-order valence-electron chi connectivity index (χ1n) is 4.12. The molecule has 0 aromatic rings. The third kappa shape index (κ3) is 2.67. The zero-order chi connectivity index (χ0) is 8.97. The molecule has 2 unspecified atom stereocenters. The van der Waals surface area contributed by atoms with Crippen molar-refractivity contribution in [1.82, 2.24) is 5.32 Å². The van der Waals surface area contributed by atoms with Gasteiger partial charge in [-0.15, -0.1) is 0 Å². The molecule has 0 aromatic carbocycles. The Hall–Kier alpha value is -0.810. The molecule has 0 aromatic heterocycles. The van der Waals surface area contributed by atoms with Crippen molar-refractivity contribution >= 4 is 5.96 Å². The summed E-state index contributed by atoms with van der Waals surface area (Å²) in [5, 5.41) is 12.0. The summed E-state index contributed by atoms with van der Waals surface area (Å²) in [6.45, 7) is 1.74. The summed E-state index contributed by atoms with van der Waals surface area (Å²) >= 11 is 0. The minimum atomic E-state index is 0.141. The van der Waals surface area contributed by atoms with E-state index in [0.717, 1.165) is 13.0 Å². The van der Waals surface area contributed by atoms with Gasteiger partial charge in [-0.1, -0.05) is 0 Å². The number of hydrogen-bond donors (Lipinski definition) is 4. The second-order valence-corrected chi connectivity index (χ2v) is 3.16. The molecule has 70 valence electrons. The van der Waals surface area contributed by atoms with E-state index < -0.39 is 0 Å². The van der Waals surface area contributed by atoms with E-state index in [9.17, 15) is 0 Å². The van der Waals surface area contributed by atoms with Crippen LogP contribution in [0.25, 0.3) is 0 Å². The number of aliphatic imine (C=N–C) groups is 1. The first kappa shape index (κ1) is 9.28. The number of aliphatic hydroxyl groups excluding tert-OH is 1. The summed E-state index contributed by atoms with van der Waals surface area (Å²) in [6, 6.07) is 0.226. The van der Waals surface area contributed by atoms with Crippen LogP contribution >= 0.6 is 0 Å². The monoisotopic (exact) mass is 172 g/mol. The van der Waals surface area contributed by atoms with Crippen LogP contribution in [0, 0.1) is 5.92 Å². The van der Waals surface area contributed by atoms with Gasteiger partial charge in [0.15, 0.2) is 5.96 Å². The maximum Gasteiger partial charge on any atom is 0.185 e. The minimum absolute atomic E-state index is 0.141. The Kier molecular flexibility index (Phi) is 3.31. The topological polar surface area (TPSA) is 96.7 Å². The number of nitrogens with one attached hydrogen (secondary N) is 1. The number of nitrogens with zero attached hydrogens (tertiary/aromatic N) is 1. The van der Waals surface area contributed by atoms with E-state index in [2.05, 4.69) is 10.3 Å². The molecule has 0 radical (unpaired) electrons. The molecule has 1 heterocycles. The SMILES string of the molecule is NC(N)=NCC1CNC(CO)C1. The molecule has 1 aliphatic rings. The second kappa shape index (κ2) is 4.27. The van der Waals surface area contributed by atoms with Crippen molar-refractivity contribution in [1.29, 1.82) is 0 Å². The van der Waals surface area contributed by atoms with Gasteiger partial charge in [0, 0.05) is 19.1 Å². The van der Waals surface area contributed by atoms with Crippen LogP contribution in [0.1, 0.15) is 6.42 Å². The molecule has 5 heteroatoms. The van der Waals surface area contributed by atoms with Crippen molar-refractivity contribution in [2.24, 2.45) is 22.4 Å². The lowest BCUT2D eigenvalue weighted by atomic mass is 10.1. The van der Waals surface area contributed by atoms with E-state index in [1.165, 1.54) is 0 Å². The molecule has 1 saturated heterocycles. The van der Waals surface area contributed by atoms with Crippen LogP contribution in [0.3, 0.4) is 0 Å². The third-order valence-corrected chi connectivity index (χ3v) is 2.07. The quantitative estimate of drug-likeness (QED) is 0.299. The summed E-state index contributed by atoms with van der Waals surface area (Å²) in [5.41, 5.74) is 10.4. The van der Waals surface area contributed by atoms with Gasteiger partial charge in [-0.25, -0.2) is 0 Å². The Morgan fingerprint density at radius 1 is 1.58 bits per heavy atom. The van der Waals surface area contributed by atoms with E-state index in [1.54, 1.807) is 0 Å². The van der Waals surface area contributed by atoms with Gasteiger partial charge >= 0.3 is 0 Å². The molecule has 12 heavy (non-hydrogen) atoms. The third-order valence-electron chi connectivity index (χ3n) is 2.07. The van der Waals surface area contributed by atoms with Gasteiger partial charge in [-0.05, 0) is 12.3 Å². The highest BCUT2D eigenvalue weighted by Gasteiger charge is 2.22. The van der Waals surface area contributed by atoms with E-state index >= 15 is 0 Å². The van der Waals surface area contributed by atoms with Crippen LogP contribution in [0.5, 0.6) is 0 Å². The first-order chi connectivity index (χ1) is 5.72. The molecule has 6 N–H and O–H groups in total. The van der Waals surface area contributed by atoms with E-state index in [4.69, 9.17) is 16.6 Å². The summed E-state index contributed by atoms with van der Waals surface area (Å²) in [5.74, 6) is 0.603. The van der Waals surface area contributed by atoms with E-state index in [-0.39, 0.29) is 18.6 Å². The fourth-order valence-electron chi connectivity index (χ4n) is 1.42. The van der Waals surface area contributed by atoms with Gasteiger partial charge in [-0.3, -0.25) is 4.99 Å². The molecular weight excluding hydrogens is 156 g/mol. The van der Waals surface area contributed by atoms with Gasteiger partial charge in [0.05, 0.1) is 6.61 Å². The number of guanidine groups is 1. The lowest BCUT2D eigenvalue weighted by Crippen LogP contribution is -2.25. The summed E-state index contributed by atoms with van der Waals surface area (Å²) < 4.78 is 0. The van der Waals surface area contributed by atoms with Crippen LogP contribution < -0.4 is 16.8 Å². The molecule has 1 rings (SSSR count). The lowest BCUT2D eigenvalue weighted by Gasteiger charge is -2.04. The van der Waals surface area contributed by atoms with Crippen molar-refractivity contribution in [3.63, 3.8) is 0 Å². The summed E-state index contributed by atoms with van der Waals surface area (Å²) in [4.78, 5) is 3.93. The van der Waals surface area contributed by atoms with Gasteiger partial charge in [-0.2, -0.15) is 0 Å². The Labute approximate surface area is 71.8 Å². The molecule has 1 fully saturated rings. The second-order valence-electron chi connectivity index (χ2n) is 3.16. The molecule has 0 aliphatic carbocycles. The van der Waals surface area contributed by atoms with Crippen molar-refractivity contribution in [3.05, 3.63) is 0 Å². The molecule has 1 aliphatic heterocycles. The van der Waals surface area contributed by atoms with E-state index in [0.29, 0.717) is 12.5 Å². The summed E-state index contributed by atoms with van der Waals surface area (Å²) in [6.07, 6.45) is 0.952. The number of aliphatic hydroxyl groups is 1. The molecular formula is C7H16N4O. The highest BCUT2D eigenvalue weighted by Crippen LogP contribution is 2.13. The number of hydrogen-bond acceptors (Lipinski definition) is 3. The first-order valence-corrected chi connectivity index (χ1v) is 4.12. The largest absolute Gasteiger partial charge is 0.395 e. The Morgan fingerprint density at radius 3 is 2.83 bits per heavy atom. The van der Waals surface area contributed by atoms with Gasteiger partial charge in [0.1, 0.15) is 0 Å². The van der Waals surface area contributed by atoms with Crippen molar-refractivity contribution in [3.8, 4) is 0 Å². The lowest BCUT2D eigenvalue weighted by molar-refractivity contribution is 0.253. The smallest absolute Gasteiger partial charge is 0.185 e. The van der Waals surface area contributed by atoms with Gasteiger partial charge in [0.2, 0.25) is 0 Å². The molecule has 0 bridgehead atoms. The van der Waals surface area contributed by atoms with Crippen molar-refractivity contribution < 1.29 is 5.11 Å². The zero-order valence-electron chi connectivity index (χ0n) is 7.03. The van der Waals surface area contributed by atoms with Crippen LogP contribution in [-0.2, 0) is 0 Å². The van der Waals surface area contributed by atoms with Crippen molar-refractivity contribution in [2.45, 2.75) is 12.5 Å². The van der Waals surface area contributed by atoms with Crippen LogP contribution in [-0.4, -0.2) is 36.8 Å². The number of rotatable bonds is 3. The molecule has 2 atom stereocenters. The van der Waals surface area contributed by atoms with E-state index in [1.807, 2.05) is 0 Å². The predicted octanol–water partition coefficient (Wildman–Crippen LogP) is -1.77. The van der Waals surface area contributed by atoms with Crippen molar-refractivity contribution in [2.75, 3.05) is 19.7 Å². The molecule has 5 nitrogen and oxygen atoms in total. The maximum absolute atomic E-state index is 8.81. The standard InChI is InChI=1S/C7H16N4O/c8-7(9)11-3-5-1-6(4-12)10-2-5/h5-6,10,12H,1-4H2,(H4,8,9,11). The van der Waals surface area contributed by atoms with Crippen LogP contribution in [0.2, 0.25) is 0 Å². The fraction of sp³-hybridized carbons (Fsp3) is 0.857. The highest BCUT2D eigenvalue weighted by atomic mass is 16.3. The van der Waals surface area contributed by atoms with Crippen LogP contribution in [0.4, 0.5) is 0 Å². The molecule has 0 saturated carbocycles. The molecule has 0 amide bonds. The maximum atomic E-state index is 8.81. The average molecular weight is 172 g/mol. The zero-order valence-corrected chi connectivity index (χ0v) is 7.03. The summed E-state index contributed by atoms with van der Waals surface area (Å²) in [7, 11) is 0. The van der Waals surface area contributed by atoms with Crippen LogP contribution in [0.15, 0.2) is 4.99 Å². The molecule has 0 spiro atoms. The minimum Gasteiger partial charge on any atom is -0.395 e. The Bertz CT molecular complexity index is 167.